The summed E-state index contributed by atoms with van der Waals surface area (Å²) >= 11 is 0. The van der Waals surface area contributed by atoms with Crippen molar-refractivity contribution in [3.8, 4) is 0 Å². The molecule has 3 heteroatoms. The maximum atomic E-state index is 11.8. The highest BCUT2D eigenvalue weighted by molar-refractivity contribution is 5.69. The van der Waals surface area contributed by atoms with Gasteiger partial charge in [0.25, 0.3) is 0 Å². The third-order valence-electron chi connectivity index (χ3n) is 4.92. The number of piperidine rings is 2. The molecule has 0 spiro atoms. The molecule has 116 valence electrons. The number of carbonyl (C=O) groups excluding carboxylic acids is 1. The Morgan fingerprint density at radius 1 is 1.10 bits per heavy atom. The van der Waals surface area contributed by atoms with E-state index in [4.69, 9.17) is 4.74 Å². The van der Waals surface area contributed by atoms with Crippen LogP contribution in [0.3, 0.4) is 0 Å². The van der Waals surface area contributed by atoms with E-state index in [-0.39, 0.29) is 5.97 Å². The summed E-state index contributed by atoms with van der Waals surface area (Å²) < 4.78 is 5.55. The molecule has 0 radical (unpaired) electrons. The molecule has 2 fully saturated rings. The lowest BCUT2D eigenvalue weighted by molar-refractivity contribution is -0.146. The predicted octanol–water partition coefficient (Wildman–Crippen LogP) is 3.76. The molecule has 0 bridgehead atoms. The van der Waals surface area contributed by atoms with Gasteiger partial charge in [-0.2, -0.15) is 0 Å². The highest BCUT2D eigenvalue weighted by Gasteiger charge is 2.33. The SMILES string of the molecule is CCCCCCC(=O)OC[C@H]1CCCN2CCCC[C@H]12. The quantitative estimate of drug-likeness (QED) is 0.525. The standard InChI is InChI=1S/C17H31NO2/c1-2-3-4-5-11-17(19)20-14-15-9-8-13-18-12-7-6-10-16(15)18/h15-16H,2-14H2,1H3/t15-,16-/m1/s1. The van der Waals surface area contributed by atoms with Crippen LogP contribution in [0.15, 0.2) is 0 Å². The molecule has 0 aromatic carbocycles. The van der Waals surface area contributed by atoms with Crippen molar-refractivity contribution in [1.29, 1.82) is 0 Å². The number of rotatable bonds is 7. The van der Waals surface area contributed by atoms with Gasteiger partial charge in [-0.1, -0.05) is 32.6 Å². The number of ether oxygens (including phenoxy) is 1. The molecule has 0 aromatic heterocycles. The molecule has 2 atom stereocenters. The van der Waals surface area contributed by atoms with Gasteiger partial charge in [0.2, 0.25) is 0 Å². The fraction of sp³-hybridized carbons (Fsp3) is 0.941. The van der Waals surface area contributed by atoms with Crippen molar-refractivity contribution in [1.82, 2.24) is 4.90 Å². The lowest BCUT2D eigenvalue weighted by Crippen LogP contribution is -2.49. The van der Waals surface area contributed by atoms with Gasteiger partial charge in [0.05, 0.1) is 6.61 Å². The maximum absolute atomic E-state index is 11.8. The van der Waals surface area contributed by atoms with Crippen molar-refractivity contribution in [2.45, 2.75) is 77.2 Å². The third kappa shape index (κ3) is 4.76. The molecule has 0 aliphatic carbocycles. The first kappa shape index (κ1) is 15.8. The van der Waals surface area contributed by atoms with Gasteiger partial charge in [-0.05, 0) is 45.2 Å². The first-order chi connectivity index (χ1) is 9.81. The molecule has 0 aromatic rings. The van der Waals surface area contributed by atoms with Crippen molar-refractivity contribution in [3.63, 3.8) is 0 Å². The summed E-state index contributed by atoms with van der Waals surface area (Å²) in [6.45, 7) is 5.36. The zero-order valence-corrected chi connectivity index (χ0v) is 13.1. The van der Waals surface area contributed by atoms with Crippen molar-refractivity contribution in [2.24, 2.45) is 5.92 Å². The minimum atomic E-state index is 0.0223. The second kappa shape index (κ2) is 8.66. The van der Waals surface area contributed by atoms with Gasteiger partial charge < -0.3 is 4.74 Å². The van der Waals surface area contributed by atoms with E-state index in [0.717, 1.165) is 12.8 Å². The Hall–Kier alpha value is -0.570. The van der Waals surface area contributed by atoms with Crippen LogP contribution in [-0.2, 0) is 9.53 Å². The van der Waals surface area contributed by atoms with Gasteiger partial charge in [0.15, 0.2) is 0 Å². The molecule has 2 rings (SSSR count). The van der Waals surface area contributed by atoms with Crippen LogP contribution >= 0.6 is 0 Å². The molecule has 2 aliphatic heterocycles. The second-order valence-corrected chi connectivity index (χ2v) is 6.50. The monoisotopic (exact) mass is 281 g/mol. The van der Waals surface area contributed by atoms with Gasteiger partial charge in [-0.15, -0.1) is 0 Å². The van der Waals surface area contributed by atoms with Crippen molar-refractivity contribution in [3.05, 3.63) is 0 Å². The van der Waals surface area contributed by atoms with E-state index in [9.17, 15) is 4.79 Å². The van der Waals surface area contributed by atoms with Crippen molar-refractivity contribution < 1.29 is 9.53 Å². The van der Waals surface area contributed by atoms with E-state index in [1.165, 1.54) is 58.0 Å². The zero-order valence-electron chi connectivity index (χ0n) is 13.1. The van der Waals surface area contributed by atoms with Gasteiger partial charge in [0, 0.05) is 18.4 Å². The van der Waals surface area contributed by atoms with Crippen LogP contribution in [0, 0.1) is 5.92 Å². The van der Waals surface area contributed by atoms with E-state index in [1.54, 1.807) is 0 Å². The zero-order chi connectivity index (χ0) is 14.2. The van der Waals surface area contributed by atoms with E-state index in [1.807, 2.05) is 0 Å². The van der Waals surface area contributed by atoms with Gasteiger partial charge in [0.1, 0.15) is 0 Å². The Morgan fingerprint density at radius 2 is 1.95 bits per heavy atom. The third-order valence-corrected chi connectivity index (χ3v) is 4.92. The van der Waals surface area contributed by atoms with Gasteiger partial charge >= 0.3 is 5.97 Å². The Kier molecular flexibility index (Phi) is 6.85. The molecule has 0 saturated carbocycles. The average molecular weight is 281 g/mol. The molecule has 2 saturated heterocycles. The van der Waals surface area contributed by atoms with Crippen LogP contribution < -0.4 is 0 Å². The van der Waals surface area contributed by atoms with Crippen LogP contribution in [0.5, 0.6) is 0 Å². The predicted molar refractivity (Wildman–Crippen MR) is 81.7 cm³/mol. The highest BCUT2D eigenvalue weighted by Crippen LogP contribution is 2.31. The summed E-state index contributed by atoms with van der Waals surface area (Å²) in [6.07, 6.45) is 11.7. The van der Waals surface area contributed by atoms with Crippen LogP contribution in [0.2, 0.25) is 0 Å². The fourth-order valence-electron chi connectivity index (χ4n) is 3.74. The molecule has 0 unspecified atom stereocenters. The first-order valence-electron chi connectivity index (χ1n) is 8.71. The number of carbonyl (C=O) groups is 1. The number of hydrogen-bond donors (Lipinski definition) is 0. The minimum Gasteiger partial charge on any atom is -0.465 e. The van der Waals surface area contributed by atoms with Crippen molar-refractivity contribution >= 4 is 5.97 Å². The van der Waals surface area contributed by atoms with E-state index < -0.39 is 0 Å². The molecule has 2 heterocycles. The summed E-state index contributed by atoms with van der Waals surface area (Å²) in [6, 6.07) is 0.686. The van der Waals surface area contributed by atoms with Gasteiger partial charge in [-0.25, -0.2) is 0 Å². The number of unbranched alkanes of at least 4 members (excludes halogenated alkanes) is 3. The lowest BCUT2D eigenvalue weighted by Gasteiger charge is -2.44. The summed E-state index contributed by atoms with van der Waals surface area (Å²) in [5, 5.41) is 0. The smallest absolute Gasteiger partial charge is 0.305 e. The maximum Gasteiger partial charge on any atom is 0.305 e. The van der Waals surface area contributed by atoms with Crippen LogP contribution in [-0.4, -0.2) is 36.6 Å². The minimum absolute atomic E-state index is 0.0223. The van der Waals surface area contributed by atoms with Crippen molar-refractivity contribution in [2.75, 3.05) is 19.7 Å². The number of fused-ring (bicyclic) bond motifs is 1. The molecule has 3 nitrogen and oxygen atoms in total. The first-order valence-corrected chi connectivity index (χ1v) is 8.71. The van der Waals surface area contributed by atoms with E-state index in [0.29, 0.717) is 25.0 Å². The molecule has 0 N–H and O–H groups in total. The highest BCUT2D eigenvalue weighted by atomic mass is 16.5. The summed E-state index contributed by atoms with van der Waals surface area (Å²) in [7, 11) is 0. The largest absolute Gasteiger partial charge is 0.465 e. The number of esters is 1. The summed E-state index contributed by atoms with van der Waals surface area (Å²) in [5.41, 5.74) is 0. The summed E-state index contributed by atoms with van der Waals surface area (Å²) in [4.78, 5) is 14.4. The fourth-order valence-corrected chi connectivity index (χ4v) is 3.74. The number of nitrogens with zero attached hydrogens (tertiary/aromatic N) is 1. The topological polar surface area (TPSA) is 29.5 Å². The van der Waals surface area contributed by atoms with Crippen LogP contribution in [0.4, 0.5) is 0 Å². The van der Waals surface area contributed by atoms with Crippen LogP contribution in [0.25, 0.3) is 0 Å². The average Bonchev–Trinajstić information content (AvgIpc) is 2.49. The Bertz CT molecular complexity index is 291. The van der Waals surface area contributed by atoms with E-state index >= 15 is 0 Å². The summed E-state index contributed by atoms with van der Waals surface area (Å²) in [5.74, 6) is 0.609. The van der Waals surface area contributed by atoms with Crippen LogP contribution in [0.1, 0.15) is 71.1 Å². The Morgan fingerprint density at radius 3 is 2.80 bits per heavy atom. The Labute approximate surface area is 124 Å². The molecule has 2 aliphatic rings. The molecular weight excluding hydrogens is 250 g/mol. The number of hydrogen-bond acceptors (Lipinski definition) is 3. The lowest BCUT2D eigenvalue weighted by atomic mass is 9.84. The molecule has 0 amide bonds. The molecular formula is C17H31NO2. The Balaban J connectivity index is 1.65. The molecule has 20 heavy (non-hydrogen) atoms. The normalized spacial score (nSPS) is 27.1. The second-order valence-electron chi connectivity index (χ2n) is 6.50. The van der Waals surface area contributed by atoms with E-state index in [2.05, 4.69) is 11.8 Å². The van der Waals surface area contributed by atoms with Gasteiger partial charge in [-0.3, -0.25) is 9.69 Å².